The largest absolute Gasteiger partial charge is 0.497 e. The first kappa shape index (κ1) is 19.8. The third-order valence-corrected chi connectivity index (χ3v) is 4.69. The number of carbonyl (C=O) groups excluding carboxylic acids is 2. The first-order valence-corrected chi connectivity index (χ1v) is 9.47. The van der Waals surface area contributed by atoms with Gasteiger partial charge in [-0.1, -0.05) is 18.2 Å². The maximum absolute atomic E-state index is 12.2. The molecule has 0 aliphatic carbocycles. The molecule has 0 saturated carbocycles. The van der Waals surface area contributed by atoms with Crippen LogP contribution in [0.25, 0.3) is 0 Å². The van der Waals surface area contributed by atoms with Crippen molar-refractivity contribution in [2.24, 2.45) is 0 Å². The summed E-state index contributed by atoms with van der Waals surface area (Å²) in [6.07, 6.45) is 0. The lowest BCUT2D eigenvalue weighted by Crippen LogP contribution is -2.16. The van der Waals surface area contributed by atoms with Gasteiger partial charge in [0.15, 0.2) is 0 Å². The average molecular weight is 373 g/mol. The molecule has 2 rings (SSSR count). The highest BCUT2D eigenvalue weighted by molar-refractivity contribution is 7.99. The zero-order chi connectivity index (χ0) is 18.9. The lowest BCUT2D eigenvalue weighted by atomic mass is 10.1. The number of anilines is 1. The van der Waals surface area contributed by atoms with E-state index in [9.17, 15) is 9.59 Å². The standard InChI is InChI=1S/C20H23NO4S/c1-4-25-20(23)16-8-5-14(2)18(11-16)21-19(22)13-26-12-15-6-9-17(24-3)10-7-15/h5-11H,4,12-13H2,1-3H3,(H,21,22). The van der Waals surface area contributed by atoms with Gasteiger partial charge in [-0.15, -0.1) is 11.8 Å². The van der Waals surface area contributed by atoms with E-state index in [1.807, 2.05) is 31.2 Å². The highest BCUT2D eigenvalue weighted by Crippen LogP contribution is 2.20. The van der Waals surface area contributed by atoms with Crippen LogP contribution in [0, 0.1) is 6.92 Å². The van der Waals surface area contributed by atoms with Crippen molar-refractivity contribution in [1.29, 1.82) is 0 Å². The molecular weight excluding hydrogens is 350 g/mol. The molecule has 0 aliphatic rings. The zero-order valence-corrected chi connectivity index (χ0v) is 16.0. The number of nitrogens with one attached hydrogen (secondary N) is 1. The van der Waals surface area contributed by atoms with Crippen molar-refractivity contribution < 1.29 is 19.1 Å². The molecule has 0 bridgehead atoms. The molecule has 0 fully saturated rings. The molecule has 6 heteroatoms. The second kappa shape index (κ2) is 9.87. The second-order valence-corrected chi connectivity index (χ2v) is 6.62. The number of ether oxygens (including phenoxy) is 2. The second-order valence-electron chi connectivity index (χ2n) is 5.64. The summed E-state index contributed by atoms with van der Waals surface area (Å²) in [5, 5.41) is 2.86. The van der Waals surface area contributed by atoms with Gasteiger partial charge in [0, 0.05) is 11.4 Å². The number of hydrogen-bond acceptors (Lipinski definition) is 5. The van der Waals surface area contributed by atoms with Gasteiger partial charge >= 0.3 is 5.97 Å². The Kier molecular flexibility index (Phi) is 7.53. The number of aryl methyl sites for hydroxylation is 1. The van der Waals surface area contributed by atoms with Crippen molar-refractivity contribution in [2.75, 3.05) is 24.8 Å². The summed E-state index contributed by atoms with van der Waals surface area (Å²) in [7, 11) is 1.63. The van der Waals surface area contributed by atoms with Crippen LogP contribution in [0.1, 0.15) is 28.4 Å². The molecule has 0 aromatic heterocycles. The van der Waals surface area contributed by atoms with Gasteiger partial charge in [-0.25, -0.2) is 4.79 Å². The normalized spacial score (nSPS) is 10.3. The number of rotatable bonds is 8. The minimum atomic E-state index is -0.392. The molecule has 0 saturated heterocycles. The number of esters is 1. The Morgan fingerprint density at radius 1 is 1.12 bits per heavy atom. The van der Waals surface area contributed by atoms with Crippen LogP contribution in [-0.4, -0.2) is 31.3 Å². The Bertz CT molecular complexity index is 759. The van der Waals surface area contributed by atoms with E-state index in [4.69, 9.17) is 9.47 Å². The van der Waals surface area contributed by atoms with E-state index in [2.05, 4.69) is 5.32 Å². The molecule has 0 unspecified atom stereocenters. The quantitative estimate of drug-likeness (QED) is 0.707. The van der Waals surface area contributed by atoms with Crippen LogP contribution in [0.2, 0.25) is 0 Å². The fraction of sp³-hybridized carbons (Fsp3) is 0.300. The SMILES string of the molecule is CCOC(=O)c1ccc(C)c(NC(=O)CSCc2ccc(OC)cc2)c1. The van der Waals surface area contributed by atoms with Gasteiger partial charge in [-0.05, 0) is 49.2 Å². The molecule has 5 nitrogen and oxygen atoms in total. The van der Waals surface area contributed by atoms with E-state index in [1.54, 1.807) is 32.2 Å². The number of benzene rings is 2. The van der Waals surface area contributed by atoms with Crippen molar-refractivity contribution >= 4 is 29.3 Å². The van der Waals surface area contributed by atoms with E-state index in [0.717, 1.165) is 22.6 Å². The summed E-state index contributed by atoms with van der Waals surface area (Å²) in [6, 6.07) is 12.9. The smallest absolute Gasteiger partial charge is 0.338 e. The molecule has 2 aromatic carbocycles. The minimum Gasteiger partial charge on any atom is -0.497 e. The molecule has 2 aromatic rings. The number of amides is 1. The minimum absolute atomic E-state index is 0.104. The van der Waals surface area contributed by atoms with Gasteiger partial charge in [0.05, 0.1) is 25.0 Å². The molecule has 0 heterocycles. The maximum atomic E-state index is 12.2. The molecule has 138 valence electrons. The zero-order valence-electron chi connectivity index (χ0n) is 15.2. The van der Waals surface area contributed by atoms with Gasteiger partial charge in [-0.2, -0.15) is 0 Å². The molecular formula is C20H23NO4S. The summed E-state index contributed by atoms with van der Waals surface area (Å²) in [6.45, 7) is 3.96. The maximum Gasteiger partial charge on any atom is 0.338 e. The fourth-order valence-electron chi connectivity index (χ4n) is 2.27. The summed E-state index contributed by atoms with van der Waals surface area (Å²) in [5.74, 6) is 1.38. The third kappa shape index (κ3) is 5.81. The summed E-state index contributed by atoms with van der Waals surface area (Å²) >= 11 is 1.53. The summed E-state index contributed by atoms with van der Waals surface area (Å²) in [5.41, 5.74) is 3.08. The van der Waals surface area contributed by atoms with Crippen molar-refractivity contribution in [2.45, 2.75) is 19.6 Å². The Hall–Kier alpha value is -2.47. The summed E-state index contributed by atoms with van der Waals surface area (Å²) < 4.78 is 10.1. The predicted molar refractivity (Wildman–Crippen MR) is 105 cm³/mol. The third-order valence-electron chi connectivity index (χ3n) is 3.68. The first-order valence-electron chi connectivity index (χ1n) is 8.31. The number of methoxy groups -OCH3 is 1. The number of hydrogen-bond donors (Lipinski definition) is 1. The molecule has 0 radical (unpaired) electrons. The van der Waals surface area contributed by atoms with Crippen LogP contribution in [-0.2, 0) is 15.3 Å². The van der Waals surface area contributed by atoms with E-state index in [0.29, 0.717) is 23.6 Å². The van der Waals surface area contributed by atoms with E-state index < -0.39 is 5.97 Å². The fourth-order valence-corrected chi connectivity index (χ4v) is 3.06. The van der Waals surface area contributed by atoms with Gasteiger partial charge in [0.25, 0.3) is 0 Å². The Morgan fingerprint density at radius 3 is 2.50 bits per heavy atom. The Labute approximate surface area is 158 Å². The molecule has 0 atom stereocenters. The topological polar surface area (TPSA) is 64.6 Å². The van der Waals surface area contributed by atoms with Gasteiger partial charge in [0.2, 0.25) is 5.91 Å². The van der Waals surface area contributed by atoms with Crippen LogP contribution in [0.4, 0.5) is 5.69 Å². The van der Waals surface area contributed by atoms with E-state index in [1.165, 1.54) is 11.8 Å². The first-order chi connectivity index (χ1) is 12.5. The molecule has 26 heavy (non-hydrogen) atoms. The number of carbonyl (C=O) groups is 2. The highest BCUT2D eigenvalue weighted by Gasteiger charge is 2.11. The molecule has 0 aliphatic heterocycles. The molecule has 1 amide bonds. The van der Waals surface area contributed by atoms with Crippen LogP contribution in [0.3, 0.4) is 0 Å². The Balaban J connectivity index is 1.88. The van der Waals surface area contributed by atoms with Gasteiger partial charge < -0.3 is 14.8 Å². The van der Waals surface area contributed by atoms with Crippen molar-refractivity contribution in [3.8, 4) is 5.75 Å². The van der Waals surface area contributed by atoms with E-state index >= 15 is 0 Å². The Morgan fingerprint density at radius 2 is 1.85 bits per heavy atom. The lowest BCUT2D eigenvalue weighted by Gasteiger charge is -2.10. The average Bonchev–Trinajstić information content (AvgIpc) is 2.64. The van der Waals surface area contributed by atoms with Crippen LogP contribution in [0.15, 0.2) is 42.5 Å². The van der Waals surface area contributed by atoms with Crippen LogP contribution >= 0.6 is 11.8 Å². The predicted octanol–water partition coefficient (Wildman–Crippen LogP) is 4.05. The summed E-state index contributed by atoms with van der Waals surface area (Å²) in [4.78, 5) is 24.0. The van der Waals surface area contributed by atoms with Crippen molar-refractivity contribution in [3.63, 3.8) is 0 Å². The van der Waals surface area contributed by atoms with Crippen LogP contribution in [0.5, 0.6) is 5.75 Å². The van der Waals surface area contributed by atoms with Crippen molar-refractivity contribution in [1.82, 2.24) is 0 Å². The van der Waals surface area contributed by atoms with Crippen molar-refractivity contribution in [3.05, 3.63) is 59.2 Å². The molecule has 1 N–H and O–H groups in total. The van der Waals surface area contributed by atoms with Gasteiger partial charge in [-0.3, -0.25) is 4.79 Å². The molecule has 0 spiro atoms. The lowest BCUT2D eigenvalue weighted by molar-refractivity contribution is -0.113. The van der Waals surface area contributed by atoms with Gasteiger partial charge in [0.1, 0.15) is 5.75 Å². The van der Waals surface area contributed by atoms with Crippen LogP contribution < -0.4 is 10.1 Å². The monoisotopic (exact) mass is 373 g/mol. The highest BCUT2D eigenvalue weighted by atomic mass is 32.2. The number of thioether (sulfide) groups is 1. The van der Waals surface area contributed by atoms with E-state index in [-0.39, 0.29) is 5.91 Å².